The van der Waals surface area contributed by atoms with Crippen LogP contribution in [-0.4, -0.2) is 21.4 Å². The first-order valence-corrected chi connectivity index (χ1v) is 13.3. The number of aromatic nitrogens is 2. The first kappa shape index (κ1) is 24.5. The van der Waals surface area contributed by atoms with E-state index in [-0.39, 0.29) is 11.8 Å². The van der Waals surface area contributed by atoms with Crippen LogP contribution in [0.3, 0.4) is 0 Å². The third kappa shape index (κ3) is 3.46. The van der Waals surface area contributed by atoms with Gasteiger partial charge in [0.15, 0.2) is 5.69 Å². The number of imide groups is 1. The summed E-state index contributed by atoms with van der Waals surface area (Å²) >= 11 is 0. The molecule has 41 heavy (non-hydrogen) atoms. The van der Waals surface area contributed by atoms with Crippen LogP contribution in [0.5, 0.6) is 0 Å². The normalized spacial score (nSPS) is 12.8. The number of carbonyl (C=O) groups excluding carboxylic acids is 2. The Labute approximate surface area is 236 Å². The molecule has 0 saturated heterocycles. The third-order valence-electron chi connectivity index (χ3n) is 7.90. The summed E-state index contributed by atoms with van der Waals surface area (Å²) in [7, 11) is 0. The first-order valence-electron chi connectivity index (χ1n) is 13.3. The molecular formula is C35H24N4O2. The molecule has 0 bridgehead atoms. The number of anilines is 1. The summed E-state index contributed by atoms with van der Waals surface area (Å²) in [6.07, 6.45) is 3.35. The molecule has 7 rings (SSSR count). The van der Waals surface area contributed by atoms with Gasteiger partial charge in [-0.3, -0.25) is 14.6 Å². The number of aryl methyl sites for hydroxylation is 3. The smallest absolute Gasteiger partial charge is 0.268 e. The predicted molar refractivity (Wildman–Crippen MR) is 162 cm³/mol. The van der Waals surface area contributed by atoms with E-state index >= 15 is 0 Å². The first-order chi connectivity index (χ1) is 19.9. The Bertz CT molecular complexity index is 2130. The highest BCUT2D eigenvalue weighted by molar-refractivity contribution is 6.36. The number of carbonyl (C=O) groups is 2. The maximum atomic E-state index is 14.2. The van der Waals surface area contributed by atoms with Gasteiger partial charge < -0.3 is 4.57 Å². The van der Waals surface area contributed by atoms with Gasteiger partial charge in [0.1, 0.15) is 0 Å². The Morgan fingerprint density at radius 1 is 0.756 bits per heavy atom. The highest BCUT2D eigenvalue weighted by atomic mass is 16.2. The van der Waals surface area contributed by atoms with Crippen LogP contribution < -0.4 is 4.90 Å². The van der Waals surface area contributed by atoms with E-state index in [9.17, 15) is 9.59 Å². The summed E-state index contributed by atoms with van der Waals surface area (Å²) in [4.78, 5) is 37.4. The van der Waals surface area contributed by atoms with Gasteiger partial charge in [-0.15, -0.1) is 0 Å². The summed E-state index contributed by atoms with van der Waals surface area (Å²) in [6.45, 7) is 13.6. The van der Waals surface area contributed by atoms with E-state index < -0.39 is 0 Å². The van der Waals surface area contributed by atoms with E-state index in [4.69, 9.17) is 6.57 Å². The fourth-order valence-corrected chi connectivity index (χ4v) is 6.38. The maximum Gasteiger partial charge on any atom is 0.268 e. The monoisotopic (exact) mass is 532 g/mol. The quantitative estimate of drug-likeness (QED) is 0.171. The van der Waals surface area contributed by atoms with Crippen LogP contribution in [0.2, 0.25) is 0 Å². The van der Waals surface area contributed by atoms with Gasteiger partial charge in [-0.1, -0.05) is 54.1 Å². The second kappa shape index (κ2) is 9.00. The average Bonchev–Trinajstić information content (AvgIpc) is 3.44. The summed E-state index contributed by atoms with van der Waals surface area (Å²) < 4.78 is 2.06. The maximum absolute atomic E-state index is 14.2. The van der Waals surface area contributed by atoms with Crippen LogP contribution in [0.1, 0.15) is 37.4 Å². The van der Waals surface area contributed by atoms with Crippen molar-refractivity contribution in [2.75, 3.05) is 4.90 Å². The molecule has 0 saturated carbocycles. The molecule has 0 fully saturated rings. The van der Waals surface area contributed by atoms with E-state index in [0.717, 1.165) is 49.6 Å². The third-order valence-corrected chi connectivity index (χ3v) is 7.90. The molecule has 1 aliphatic heterocycles. The molecule has 6 aromatic rings. The standard InChI is InChI=1S/C35H24N4O2/c1-20-17-21(2)33(22(3)18-20)39-34(40)25-11-8-14-30(32(25)35(39)41)38-28-12-6-5-9-24(28)31-23(10-7-13-29(31)38)26-19-37-16-15-27(26)36-4/h5-19H,1-3H3. The van der Waals surface area contributed by atoms with Gasteiger partial charge in [0.05, 0.1) is 40.1 Å². The number of pyridine rings is 1. The van der Waals surface area contributed by atoms with Gasteiger partial charge in [0.25, 0.3) is 11.8 Å². The molecule has 2 amide bonds. The number of hydrogen-bond acceptors (Lipinski definition) is 3. The van der Waals surface area contributed by atoms with Crippen LogP contribution in [0.25, 0.3) is 43.5 Å². The van der Waals surface area contributed by atoms with Crippen molar-refractivity contribution < 1.29 is 9.59 Å². The second-order valence-corrected chi connectivity index (χ2v) is 10.4. The molecule has 0 N–H and O–H groups in total. The van der Waals surface area contributed by atoms with E-state index in [1.165, 1.54) is 4.90 Å². The van der Waals surface area contributed by atoms with Crippen molar-refractivity contribution in [3.8, 4) is 16.8 Å². The van der Waals surface area contributed by atoms with Gasteiger partial charge >= 0.3 is 0 Å². The number of nitrogens with zero attached hydrogens (tertiary/aromatic N) is 4. The second-order valence-electron chi connectivity index (χ2n) is 10.4. The van der Waals surface area contributed by atoms with E-state index in [0.29, 0.717) is 28.2 Å². The average molecular weight is 533 g/mol. The summed E-state index contributed by atoms with van der Waals surface area (Å²) in [5.41, 5.74) is 8.82. The molecule has 6 nitrogen and oxygen atoms in total. The molecule has 4 aromatic carbocycles. The number of para-hydroxylation sites is 1. The molecule has 2 aromatic heterocycles. The fourth-order valence-electron chi connectivity index (χ4n) is 6.38. The highest BCUT2D eigenvalue weighted by Gasteiger charge is 2.40. The Morgan fingerprint density at radius 3 is 2.24 bits per heavy atom. The van der Waals surface area contributed by atoms with Crippen LogP contribution in [0.15, 0.2) is 91.3 Å². The van der Waals surface area contributed by atoms with Gasteiger partial charge in [0, 0.05) is 28.7 Å². The summed E-state index contributed by atoms with van der Waals surface area (Å²) in [5, 5.41) is 1.94. The summed E-state index contributed by atoms with van der Waals surface area (Å²) in [5.74, 6) is -0.652. The van der Waals surface area contributed by atoms with Crippen molar-refractivity contribution in [3.05, 3.63) is 130 Å². The van der Waals surface area contributed by atoms with Crippen molar-refractivity contribution >= 4 is 45.0 Å². The molecule has 1 aliphatic rings. The lowest BCUT2D eigenvalue weighted by Gasteiger charge is -2.20. The topological polar surface area (TPSA) is 59.6 Å². The Kier molecular flexibility index (Phi) is 5.38. The minimum Gasteiger partial charge on any atom is -0.308 e. The van der Waals surface area contributed by atoms with Crippen molar-refractivity contribution in [2.24, 2.45) is 0 Å². The fraction of sp³-hybridized carbons (Fsp3) is 0.0857. The zero-order chi connectivity index (χ0) is 28.4. The van der Waals surface area contributed by atoms with Gasteiger partial charge in [-0.2, -0.15) is 0 Å². The Balaban J connectivity index is 1.52. The van der Waals surface area contributed by atoms with Crippen LogP contribution in [0.4, 0.5) is 11.4 Å². The molecule has 0 atom stereocenters. The largest absolute Gasteiger partial charge is 0.308 e. The van der Waals surface area contributed by atoms with Crippen molar-refractivity contribution in [2.45, 2.75) is 20.8 Å². The van der Waals surface area contributed by atoms with Crippen LogP contribution in [0, 0.1) is 27.3 Å². The number of amides is 2. The van der Waals surface area contributed by atoms with Gasteiger partial charge in [-0.25, -0.2) is 9.74 Å². The summed E-state index contributed by atoms with van der Waals surface area (Å²) in [6, 6.07) is 25.2. The molecule has 0 unspecified atom stereocenters. The minimum atomic E-state index is -0.333. The Hall–Kier alpha value is -5.54. The van der Waals surface area contributed by atoms with Crippen LogP contribution >= 0.6 is 0 Å². The number of benzene rings is 4. The van der Waals surface area contributed by atoms with Crippen molar-refractivity contribution in [1.29, 1.82) is 0 Å². The van der Waals surface area contributed by atoms with Crippen molar-refractivity contribution in [1.82, 2.24) is 9.55 Å². The molecule has 3 heterocycles. The van der Waals surface area contributed by atoms with E-state index in [2.05, 4.69) is 14.4 Å². The van der Waals surface area contributed by atoms with E-state index in [1.54, 1.807) is 24.5 Å². The lowest BCUT2D eigenvalue weighted by Crippen LogP contribution is -2.31. The molecular weight excluding hydrogens is 508 g/mol. The number of rotatable bonds is 3. The molecule has 0 radical (unpaired) electrons. The number of fused-ring (bicyclic) bond motifs is 4. The van der Waals surface area contributed by atoms with Gasteiger partial charge in [-0.05, 0) is 67.8 Å². The van der Waals surface area contributed by atoms with Crippen molar-refractivity contribution in [3.63, 3.8) is 0 Å². The highest BCUT2D eigenvalue weighted by Crippen LogP contribution is 2.43. The van der Waals surface area contributed by atoms with Crippen LogP contribution in [-0.2, 0) is 0 Å². The molecule has 6 heteroatoms. The lowest BCUT2D eigenvalue weighted by molar-refractivity contribution is 0.0925. The zero-order valence-corrected chi connectivity index (χ0v) is 22.8. The zero-order valence-electron chi connectivity index (χ0n) is 22.8. The molecule has 0 aliphatic carbocycles. The van der Waals surface area contributed by atoms with Gasteiger partial charge in [0.2, 0.25) is 0 Å². The predicted octanol–water partition coefficient (Wildman–Crippen LogP) is 8.12. The van der Waals surface area contributed by atoms with E-state index in [1.807, 2.05) is 87.5 Å². The minimum absolute atomic E-state index is 0.319. The molecule has 0 spiro atoms. The molecule has 196 valence electrons. The lowest BCUT2D eigenvalue weighted by atomic mass is 9.99. The number of hydrogen-bond donors (Lipinski definition) is 0. The Morgan fingerprint density at radius 2 is 1.46 bits per heavy atom. The SMILES string of the molecule is [C-]#[N+]c1ccncc1-c1cccc2c1c1ccccc1n2-c1cccc2c1C(=O)N(c1c(C)cc(C)cc1C)C2=O.